The lowest BCUT2D eigenvalue weighted by molar-refractivity contribution is -0.133. The maximum Gasteiger partial charge on any atom is 0.310 e. The van der Waals surface area contributed by atoms with Crippen molar-refractivity contribution in [3.05, 3.63) is 112 Å². The molecule has 10 heteroatoms. The molecule has 0 saturated carbocycles. The second-order valence-corrected chi connectivity index (χ2v) is 8.71. The number of carbonyl (C=O) groups is 2. The van der Waals surface area contributed by atoms with Gasteiger partial charge in [0, 0.05) is 25.1 Å². The Bertz CT molecular complexity index is 1590. The number of nitrogens with one attached hydrogen (secondary N) is 1. The molecular formula is C30H27F2N3O5. The monoisotopic (exact) mass is 547 g/mol. The third-order valence-electron chi connectivity index (χ3n) is 5.95. The molecule has 4 aromatic rings. The van der Waals surface area contributed by atoms with Gasteiger partial charge in [0.05, 0.1) is 29.1 Å². The van der Waals surface area contributed by atoms with E-state index in [1.54, 1.807) is 43.3 Å². The lowest BCUT2D eigenvalue weighted by atomic mass is 10.0. The molecule has 3 aromatic carbocycles. The highest BCUT2D eigenvalue weighted by Gasteiger charge is 2.20. The van der Waals surface area contributed by atoms with Crippen LogP contribution in [0.5, 0.6) is 11.5 Å². The number of hydrogen-bond donors (Lipinski definition) is 2. The van der Waals surface area contributed by atoms with Gasteiger partial charge in [-0.15, -0.1) is 0 Å². The van der Waals surface area contributed by atoms with Crippen LogP contribution in [0.25, 0.3) is 5.69 Å². The standard InChI is InChI=1S/C30H27F2N3O5/c1-2-28(37)40-26-7-4-3-6-25(26)34-16-5-17-39-21-11-9-20(10-12-21)35-27(36)15-14-23(30(35)33)29(38)22-13-8-19(31)18-24(22)32/h3-4,6-15,18,34H,2,5,16-17,33H2,1H3. The van der Waals surface area contributed by atoms with Crippen LogP contribution < -0.4 is 26.1 Å². The number of ether oxygens (including phenoxy) is 2. The average molecular weight is 548 g/mol. The average Bonchev–Trinajstić information content (AvgIpc) is 2.94. The maximum atomic E-state index is 14.2. The molecule has 3 N–H and O–H groups in total. The largest absolute Gasteiger partial charge is 0.494 e. The summed E-state index contributed by atoms with van der Waals surface area (Å²) in [5, 5.41) is 3.23. The van der Waals surface area contributed by atoms with Crippen molar-refractivity contribution in [3.8, 4) is 17.2 Å². The molecule has 0 unspecified atom stereocenters. The lowest BCUT2D eigenvalue weighted by Gasteiger charge is -2.14. The summed E-state index contributed by atoms with van der Waals surface area (Å²) in [6, 6.07) is 18.7. The SMILES string of the molecule is CCC(=O)Oc1ccccc1NCCCOc1ccc(-n2c(N)c(C(=O)c3ccc(F)cc3F)ccc2=O)cc1. The number of nitrogens with zero attached hydrogens (tertiary/aromatic N) is 1. The highest BCUT2D eigenvalue weighted by atomic mass is 19.1. The number of nitrogens with two attached hydrogens (primary N) is 1. The Morgan fingerprint density at radius 3 is 2.40 bits per heavy atom. The second kappa shape index (κ2) is 12.7. The summed E-state index contributed by atoms with van der Waals surface area (Å²) in [7, 11) is 0. The number of hydrogen-bond acceptors (Lipinski definition) is 7. The van der Waals surface area contributed by atoms with Crippen LogP contribution in [0.2, 0.25) is 0 Å². The van der Waals surface area contributed by atoms with Crippen LogP contribution in [0.15, 0.2) is 83.7 Å². The predicted molar refractivity (Wildman–Crippen MR) is 147 cm³/mol. The number of halogens is 2. The van der Waals surface area contributed by atoms with Crippen LogP contribution in [-0.2, 0) is 4.79 Å². The van der Waals surface area contributed by atoms with Crippen molar-refractivity contribution in [1.82, 2.24) is 4.57 Å². The Morgan fingerprint density at radius 2 is 1.68 bits per heavy atom. The summed E-state index contributed by atoms with van der Waals surface area (Å²) >= 11 is 0. The van der Waals surface area contributed by atoms with Crippen molar-refractivity contribution in [1.29, 1.82) is 0 Å². The number of anilines is 2. The first-order chi connectivity index (χ1) is 19.3. The number of ketones is 1. The van der Waals surface area contributed by atoms with Gasteiger partial charge in [0.25, 0.3) is 5.56 Å². The van der Waals surface area contributed by atoms with Crippen LogP contribution in [0.1, 0.15) is 35.7 Å². The normalized spacial score (nSPS) is 10.7. The molecule has 40 heavy (non-hydrogen) atoms. The fraction of sp³-hybridized carbons (Fsp3) is 0.167. The van der Waals surface area contributed by atoms with Crippen LogP contribution in [0, 0.1) is 11.6 Å². The zero-order valence-electron chi connectivity index (χ0n) is 21.7. The minimum absolute atomic E-state index is 0.0935. The Balaban J connectivity index is 1.38. The Labute approximate surface area is 229 Å². The molecule has 0 amide bonds. The minimum Gasteiger partial charge on any atom is -0.494 e. The molecule has 8 nitrogen and oxygen atoms in total. The van der Waals surface area contributed by atoms with Crippen LogP contribution >= 0.6 is 0 Å². The summed E-state index contributed by atoms with van der Waals surface area (Å²) in [5.74, 6) is -2.09. The highest BCUT2D eigenvalue weighted by molar-refractivity contribution is 6.11. The first kappa shape index (κ1) is 28.0. The second-order valence-electron chi connectivity index (χ2n) is 8.71. The van der Waals surface area contributed by atoms with Crippen molar-refractivity contribution in [2.45, 2.75) is 19.8 Å². The van der Waals surface area contributed by atoms with Gasteiger partial charge in [0.1, 0.15) is 23.2 Å². The number of esters is 1. The maximum absolute atomic E-state index is 14.2. The van der Waals surface area contributed by atoms with E-state index in [9.17, 15) is 23.2 Å². The van der Waals surface area contributed by atoms with Gasteiger partial charge in [-0.2, -0.15) is 0 Å². The van der Waals surface area contributed by atoms with Gasteiger partial charge in [-0.05, 0) is 61.0 Å². The summed E-state index contributed by atoms with van der Waals surface area (Å²) < 4.78 is 39.7. The molecule has 0 fully saturated rings. The Morgan fingerprint density at radius 1 is 0.950 bits per heavy atom. The number of benzene rings is 3. The van der Waals surface area contributed by atoms with Gasteiger partial charge in [-0.1, -0.05) is 19.1 Å². The molecule has 0 spiro atoms. The van der Waals surface area contributed by atoms with E-state index in [2.05, 4.69) is 5.32 Å². The number of carbonyl (C=O) groups excluding carboxylic acids is 2. The molecule has 0 bridgehead atoms. The van der Waals surface area contributed by atoms with E-state index in [4.69, 9.17) is 15.2 Å². The summed E-state index contributed by atoms with van der Waals surface area (Å²) in [4.78, 5) is 37.1. The van der Waals surface area contributed by atoms with Gasteiger partial charge in [-0.3, -0.25) is 19.0 Å². The van der Waals surface area contributed by atoms with Crippen molar-refractivity contribution in [3.63, 3.8) is 0 Å². The van der Waals surface area contributed by atoms with E-state index in [0.29, 0.717) is 48.5 Å². The Hall–Kier alpha value is -4.99. The van der Waals surface area contributed by atoms with E-state index >= 15 is 0 Å². The molecule has 1 heterocycles. The Kier molecular flexibility index (Phi) is 8.90. The number of rotatable bonds is 11. The third kappa shape index (κ3) is 6.52. The van der Waals surface area contributed by atoms with Crippen LogP contribution in [0.3, 0.4) is 0 Å². The van der Waals surface area contributed by atoms with Gasteiger partial charge in [0.2, 0.25) is 0 Å². The molecule has 0 aliphatic heterocycles. The lowest BCUT2D eigenvalue weighted by Crippen LogP contribution is -2.23. The molecule has 4 rings (SSSR count). The molecule has 0 atom stereocenters. The van der Waals surface area contributed by atoms with Gasteiger partial charge in [-0.25, -0.2) is 8.78 Å². The van der Waals surface area contributed by atoms with Gasteiger partial charge >= 0.3 is 5.97 Å². The van der Waals surface area contributed by atoms with E-state index in [-0.39, 0.29) is 29.3 Å². The summed E-state index contributed by atoms with van der Waals surface area (Å²) in [6.45, 7) is 2.69. The van der Waals surface area contributed by atoms with Gasteiger partial charge in [0.15, 0.2) is 11.5 Å². The van der Waals surface area contributed by atoms with Gasteiger partial charge < -0.3 is 20.5 Å². The fourth-order valence-corrected chi connectivity index (χ4v) is 3.90. The van der Waals surface area contributed by atoms with E-state index in [1.807, 2.05) is 12.1 Å². The molecular weight excluding hydrogens is 520 g/mol. The van der Waals surface area contributed by atoms with Crippen molar-refractivity contribution in [2.24, 2.45) is 0 Å². The molecule has 0 saturated heterocycles. The predicted octanol–water partition coefficient (Wildman–Crippen LogP) is 5.13. The number of pyridine rings is 1. The minimum atomic E-state index is -1.03. The topological polar surface area (TPSA) is 113 Å². The zero-order valence-corrected chi connectivity index (χ0v) is 21.7. The first-order valence-corrected chi connectivity index (χ1v) is 12.6. The molecule has 206 valence electrons. The fourth-order valence-electron chi connectivity index (χ4n) is 3.90. The molecule has 0 aliphatic carbocycles. The smallest absolute Gasteiger partial charge is 0.310 e. The van der Waals surface area contributed by atoms with Crippen molar-refractivity contribution < 1.29 is 27.8 Å². The zero-order chi connectivity index (χ0) is 28.6. The van der Waals surface area contributed by atoms with Crippen molar-refractivity contribution in [2.75, 3.05) is 24.2 Å². The van der Waals surface area contributed by atoms with Crippen molar-refractivity contribution >= 4 is 23.3 Å². The number of aromatic nitrogens is 1. The van der Waals surface area contributed by atoms with E-state index in [1.165, 1.54) is 6.07 Å². The molecule has 0 radical (unpaired) electrons. The summed E-state index contributed by atoms with van der Waals surface area (Å²) in [6.07, 6.45) is 0.927. The molecule has 1 aromatic heterocycles. The number of nitrogen functional groups attached to an aromatic ring is 1. The quantitative estimate of drug-likeness (QED) is 0.116. The van der Waals surface area contributed by atoms with Crippen LogP contribution in [-0.4, -0.2) is 29.5 Å². The number of para-hydroxylation sites is 2. The van der Waals surface area contributed by atoms with Crippen LogP contribution in [0.4, 0.5) is 20.3 Å². The van der Waals surface area contributed by atoms with E-state index in [0.717, 1.165) is 22.8 Å². The third-order valence-corrected chi connectivity index (χ3v) is 5.95. The van der Waals surface area contributed by atoms with E-state index < -0.39 is 23.0 Å². The highest BCUT2D eigenvalue weighted by Crippen LogP contribution is 2.25. The summed E-state index contributed by atoms with van der Waals surface area (Å²) in [5.41, 5.74) is 6.30. The molecule has 0 aliphatic rings. The first-order valence-electron chi connectivity index (χ1n) is 12.6.